The minimum Gasteiger partial charge on any atom is -0.326 e. The summed E-state index contributed by atoms with van der Waals surface area (Å²) in [6.07, 6.45) is 0.500. The van der Waals surface area contributed by atoms with E-state index >= 15 is 0 Å². The highest BCUT2D eigenvalue weighted by Crippen LogP contribution is 2.28. The van der Waals surface area contributed by atoms with Gasteiger partial charge < -0.3 is 10.6 Å². The van der Waals surface area contributed by atoms with Crippen molar-refractivity contribution >= 4 is 24.0 Å². The van der Waals surface area contributed by atoms with Crippen LogP contribution in [0.5, 0.6) is 0 Å². The van der Waals surface area contributed by atoms with E-state index in [1.54, 1.807) is 0 Å². The second-order valence-corrected chi connectivity index (χ2v) is 5.56. The van der Waals surface area contributed by atoms with Crippen molar-refractivity contribution in [3.63, 3.8) is 0 Å². The predicted molar refractivity (Wildman–Crippen MR) is 89.0 cm³/mol. The van der Waals surface area contributed by atoms with Crippen LogP contribution in [0.3, 0.4) is 0 Å². The summed E-state index contributed by atoms with van der Waals surface area (Å²) < 4.78 is 0. The second-order valence-electron chi connectivity index (χ2n) is 5.56. The normalized spacial score (nSPS) is 10.6. The van der Waals surface area contributed by atoms with Crippen LogP contribution in [-0.4, -0.2) is 19.5 Å². The van der Waals surface area contributed by atoms with Crippen LogP contribution in [-0.2, 0) is 4.79 Å². The van der Waals surface area contributed by atoms with E-state index in [1.165, 1.54) is 11.1 Å². The maximum atomic E-state index is 11.8. The van der Waals surface area contributed by atoms with Gasteiger partial charge in [0.2, 0.25) is 5.91 Å². The molecule has 0 atom stereocenters. The molecule has 0 aliphatic heterocycles. The Kier molecular flexibility index (Phi) is 8.51. The van der Waals surface area contributed by atoms with Gasteiger partial charge in [-0.3, -0.25) is 4.79 Å². The Balaban J connectivity index is 0.00000361. The maximum absolute atomic E-state index is 11.8. The fourth-order valence-corrected chi connectivity index (χ4v) is 1.98. The third-order valence-corrected chi connectivity index (χ3v) is 3.24. The van der Waals surface area contributed by atoms with Crippen LogP contribution in [0.2, 0.25) is 0 Å². The number of amides is 1. The molecule has 0 saturated carbocycles. The average molecular weight is 299 g/mol. The maximum Gasteiger partial charge on any atom is 0.225 e. The predicted octanol–water partition coefficient (Wildman–Crippen LogP) is 3.90. The van der Waals surface area contributed by atoms with Gasteiger partial charge in [-0.25, -0.2) is 0 Å². The number of hydrogen-bond donors (Lipinski definition) is 2. The molecule has 0 heterocycles. The molecule has 1 rings (SSSR count). The Labute approximate surface area is 128 Å². The summed E-state index contributed by atoms with van der Waals surface area (Å²) in [6, 6.07) is 6.34. The fraction of sp³-hybridized carbons (Fsp3) is 0.562. The van der Waals surface area contributed by atoms with Crippen molar-refractivity contribution in [2.24, 2.45) is 0 Å². The van der Waals surface area contributed by atoms with Crippen molar-refractivity contribution in [3.8, 4) is 0 Å². The molecule has 1 aromatic carbocycles. The summed E-state index contributed by atoms with van der Waals surface area (Å²) in [5.41, 5.74) is 3.47. The van der Waals surface area contributed by atoms with Crippen LogP contribution in [0.4, 0.5) is 5.69 Å². The lowest BCUT2D eigenvalue weighted by Crippen LogP contribution is -2.19. The molecule has 1 amide bonds. The van der Waals surface area contributed by atoms with E-state index in [9.17, 15) is 4.79 Å². The van der Waals surface area contributed by atoms with Crippen LogP contribution in [0.1, 0.15) is 57.1 Å². The SMILES string of the molecule is CNCCC(=O)Nc1ccc(C(C)C)cc1C(C)C.Cl. The fourth-order valence-electron chi connectivity index (χ4n) is 1.98. The van der Waals surface area contributed by atoms with Crippen LogP contribution >= 0.6 is 12.4 Å². The molecule has 0 spiro atoms. The van der Waals surface area contributed by atoms with Gasteiger partial charge in [0.15, 0.2) is 0 Å². The Morgan fingerprint density at radius 1 is 1.15 bits per heavy atom. The number of anilines is 1. The average Bonchev–Trinajstić information content (AvgIpc) is 2.36. The first-order valence-electron chi connectivity index (χ1n) is 7.04. The Bertz CT molecular complexity index is 430. The van der Waals surface area contributed by atoms with E-state index in [0.717, 1.165) is 5.69 Å². The molecule has 0 radical (unpaired) electrons. The molecule has 0 bridgehead atoms. The number of carbonyl (C=O) groups excluding carboxylic acids is 1. The Morgan fingerprint density at radius 2 is 1.80 bits per heavy atom. The van der Waals surface area contributed by atoms with Crippen molar-refractivity contribution < 1.29 is 4.79 Å². The molecule has 2 N–H and O–H groups in total. The van der Waals surface area contributed by atoms with E-state index < -0.39 is 0 Å². The lowest BCUT2D eigenvalue weighted by molar-refractivity contribution is -0.116. The zero-order chi connectivity index (χ0) is 14.4. The van der Waals surface area contributed by atoms with Crippen LogP contribution in [0, 0.1) is 0 Å². The van der Waals surface area contributed by atoms with Gasteiger partial charge >= 0.3 is 0 Å². The molecule has 4 heteroatoms. The summed E-state index contributed by atoms with van der Waals surface area (Å²) in [4.78, 5) is 11.8. The number of rotatable bonds is 6. The molecule has 0 fully saturated rings. The summed E-state index contributed by atoms with van der Waals surface area (Å²) in [7, 11) is 1.85. The van der Waals surface area contributed by atoms with E-state index in [4.69, 9.17) is 0 Å². The van der Waals surface area contributed by atoms with Crippen molar-refractivity contribution in [2.75, 3.05) is 18.9 Å². The van der Waals surface area contributed by atoms with Gasteiger partial charge in [-0.05, 0) is 36.1 Å². The summed E-state index contributed by atoms with van der Waals surface area (Å²) >= 11 is 0. The minimum atomic E-state index is 0. The third kappa shape index (κ3) is 5.51. The molecule has 0 aliphatic rings. The molecule has 0 aliphatic carbocycles. The van der Waals surface area contributed by atoms with E-state index in [2.05, 4.69) is 50.5 Å². The van der Waals surface area contributed by atoms with Gasteiger partial charge in [0.05, 0.1) is 0 Å². The van der Waals surface area contributed by atoms with E-state index in [-0.39, 0.29) is 18.3 Å². The van der Waals surface area contributed by atoms with Crippen molar-refractivity contribution in [3.05, 3.63) is 29.3 Å². The summed E-state index contributed by atoms with van der Waals surface area (Å²) in [5.74, 6) is 0.971. The largest absolute Gasteiger partial charge is 0.326 e. The molecule has 0 unspecified atom stereocenters. The number of benzene rings is 1. The minimum absolute atomic E-state index is 0. The summed E-state index contributed by atoms with van der Waals surface area (Å²) in [6.45, 7) is 9.38. The zero-order valence-corrected chi connectivity index (χ0v) is 13.9. The number of halogens is 1. The van der Waals surface area contributed by atoms with Gasteiger partial charge in [0.1, 0.15) is 0 Å². The van der Waals surface area contributed by atoms with Crippen molar-refractivity contribution in [2.45, 2.75) is 46.0 Å². The lowest BCUT2D eigenvalue weighted by Gasteiger charge is -2.17. The van der Waals surface area contributed by atoms with E-state index in [1.807, 2.05) is 13.1 Å². The third-order valence-electron chi connectivity index (χ3n) is 3.24. The standard InChI is InChI=1S/C16H26N2O.ClH/c1-11(2)13-6-7-15(14(10-13)12(3)4)18-16(19)8-9-17-5;/h6-7,10-12,17H,8-9H2,1-5H3,(H,18,19);1H. The molecule has 20 heavy (non-hydrogen) atoms. The first-order valence-corrected chi connectivity index (χ1v) is 7.04. The zero-order valence-electron chi connectivity index (χ0n) is 13.1. The lowest BCUT2D eigenvalue weighted by atomic mass is 9.94. The van der Waals surface area contributed by atoms with E-state index in [0.29, 0.717) is 24.8 Å². The van der Waals surface area contributed by atoms with Crippen molar-refractivity contribution in [1.29, 1.82) is 0 Å². The van der Waals surface area contributed by atoms with Gasteiger partial charge in [-0.15, -0.1) is 12.4 Å². The molecular weight excluding hydrogens is 272 g/mol. The highest BCUT2D eigenvalue weighted by Gasteiger charge is 2.11. The molecule has 114 valence electrons. The first kappa shape index (κ1) is 18.9. The highest BCUT2D eigenvalue weighted by molar-refractivity contribution is 5.91. The Morgan fingerprint density at radius 3 is 2.30 bits per heavy atom. The molecule has 1 aromatic rings. The number of carbonyl (C=O) groups is 1. The molecule has 0 aromatic heterocycles. The van der Waals surface area contributed by atoms with Gasteiger partial charge in [-0.2, -0.15) is 0 Å². The quantitative estimate of drug-likeness (QED) is 0.836. The van der Waals surface area contributed by atoms with Crippen LogP contribution in [0.15, 0.2) is 18.2 Å². The van der Waals surface area contributed by atoms with Gasteiger partial charge in [0.25, 0.3) is 0 Å². The highest BCUT2D eigenvalue weighted by atomic mass is 35.5. The molecule has 3 nitrogen and oxygen atoms in total. The monoisotopic (exact) mass is 298 g/mol. The molecule has 0 saturated heterocycles. The number of nitrogens with one attached hydrogen (secondary N) is 2. The van der Waals surface area contributed by atoms with Gasteiger partial charge in [-0.1, -0.05) is 39.8 Å². The molecular formula is C16H27ClN2O. The Hall–Kier alpha value is -1.06. The smallest absolute Gasteiger partial charge is 0.225 e. The van der Waals surface area contributed by atoms with Crippen molar-refractivity contribution in [1.82, 2.24) is 5.32 Å². The summed E-state index contributed by atoms with van der Waals surface area (Å²) in [5, 5.41) is 6.00. The second kappa shape index (κ2) is 8.98. The van der Waals surface area contributed by atoms with Gasteiger partial charge in [0, 0.05) is 18.7 Å². The van der Waals surface area contributed by atoms with Crippen LogP contribution in [0.25, 0.3) is 0 Å². The number of hydrogen-bond acceptors (Lipinski definition) is 2. The van der Waals surface area contributed by atoms with Crippen LogP contribution < -0.4 is 10.6 Å². The topological polar surface area (TPSA) is 41.1 Å². The first-order chi connectivity index (χ1) is 8.95.